The molecule has 0 fully saturated rings. The molecule has 0 aliphatic rings. The Balaban J connectivity index is 1.72. The quantitative estimate of drug-likeness (QED) is 0.466. The minimum Gasteiger partial charge on any atom is -0.451 e. The van der Waals surface area contributed by atoms with Gasteiger partial charge in [0.1, 0.15) is 5.69 Å². The first-order valence-corrected chi connectivity index (χ1v) is 10.1. The van der Waals surface area contributed by atoms with Crippen LogP contribution in [0, 0.1) is 0 Å². The zero-order valence-electron chi connectivity index (χ0n) is 17.0. The first kappa shape index (κ1) is 21.3. The average Bonchev–Trinajstić information content (AvgIpc) is 2.81. The SMILES string of the molecule is Cn1c(C(=O)OCC(=O)Nc2ccncc2)c(-c2ccc(Cl)cc2)c2ccccc2c1=O. The number of pyridine rings is 2. The number of hydrogen-bond acceptors (Lipinski definition) is 5. The van der Waals surface area contributed by atoms with Crippen LogP contribution in [-0.4, -0.2) is 28.0 Å². The van der Waals surface area contributed by atoms with Gasteiger partial charge in [-0.1, -0.05) is 41.9 Å². The van der Waals surface area contributed by atoms with Crippen molar-refractivity contribution in [2.45, 2.75) is 0 Å². The van der Waals surface area contributed by atoms with Gasteiger partial charge in [0.2, 0.25) is 0 Å². The van der Waals surface area contributed by atoms with E-state index in [2.05, 4.69) is 10.3 Å². The molecule has 1 amide bonds. The maximum Gasteiger partial charge on any atom is 0.356 e. The van der Waals surface area contributed by atoms with Crippen LogP contribution in [0.1, 0.15) is 10.5 Å². The molecule has 0 aliphatic carbocycles. The molecule has 0 unspecified atom stereocenters. The molecule has 0 radical (unpaired) electrons. The molecule has 0 atom stereocenters. The number of carbonyl (C=O) groups excluding carboxylic acids is 2. The monoisotopic (exact) mass is 447 g/mol. The molecule has 32 heavy (non-hydrogen) atoms. The van der Waals surface area contributed by atoms with Gasteiger partial charge in [-0.3, -0.25) is 14.6 Å². The minimum absolute atomic E-state index is 0.0488. The number of amides is 1. The number of ether oxygens (including phenoxy) is 1. The van der Waals surface area contributed by atoms with Crippen LogP contribution in [0.2, 0.25) is 5.02 Å². The summed E-state index contributed by atoms with van der Waals surface area (Å²) in [7, 11) is 1.50. The first-order valence-electron chi connectivity index (χ1n) is 9.70. The Bertz CT molecular complexity index is 1370. The number of carbonyl (C=O) groups is 2. The Morgan fingerprint density at radius 1 is 1.00 bits per heavy atom. The lowest BCUT2D eigenvalue weighted by molar-refractivity contribution is -0.119. The zero-order valence-corrected chi connectivity index (χ0v) is 17.8. The third kappa shape index (κ3) is 4.24. The molecule has 1 N–H and O–H groups in total. The van der Waals surface area contributed by atoms with Crippen molar-refractivity contribution < 1.29 is 14.3 Å². The molecule has 0 aliphatic heterocycles. The molecule has 0 saturated carbocycles. The van der Waals surface area contributed by atoms with E-state index in [0.29, 0.717) is 32.6 Å². The summed E-state index contributed by atoms with van der Waals surface area (Å²) in [4.78, 5) is 42.1. The number of halogens is 1. The van der Waals surface area contributed by atoms with E-state index in [9.17, 15) is 14.4 Å². The summed E-state index contributed by atoms with van der Waals surface area (Å²) in [6, 6.07) is 17.2. The van der Waals surface area contributed by atoms with Gasteiger partial charge in [0.15, 0.2) is 6.61 Å². The lowest BCUT2D eigenvalue weighted by Gasteiger charge is -2.17. The van der Waals surface area contributed by atoms with Crippen LogP contribution >= 0.6 is 11.6 Å². The van der Waals surface area contributed by atoms with E-state index in [-0.39, 0.29) is 11.3 Å². The van der Waals surface area contributed by atoms with Crippen molar-refractivity contribution in [3.05, 3.63) is 94.1 Å². The van der Waals surface area contributed by atoms with Crippen molar-refractivity contribution in [2.75, 3.05) is 11.9 Å². The number of anilines is 1. The third-order valence-electron chi connectivity index (χ3n) is 4.93. The summed E-state index contributed by atoms with van der Waals surface area (Å²) in [5.74, 6) is -1.30. The Labute approximate surface area is 188 Å². The van der Waals surface area contributed by atoms with Crippen LogP contribution in [0.3, 0.4) is 0 Å². The predicted molar refractivity (Wildman–Crippen MR) is 123 cm³/mol. The average molecular weight is 448 g/mol. The number of aromatic nitrogens is 2. The maximum absolute atomic E-state index is 13.1. The zero-order chi connectivity index (χ0) is 22.7. The molecule has 2 heterocycles. The van der Waals surface area contributed by atoms with E-state index >= 15 is 0 Å². The summed E-state index contributed by atoms with van der Waals surface area (Å²) in [6.07, 6.45) is 3.07. The Morgan fingerprint density at radius 3 is 2.34 bits per heavy atom. The highest BCUT2D eigenvalue weighted by Gasteiger charge is 2.23. The second-order valence-electron chi connectivity index (χ2n) is 7.00. The Morgan fingerprint density at radius 2 is 1.66 bits per heavy atom. The van der Waals surface area contributed by atoms with Gasteiger partial charge < -0.3 is 14.6 Å². The number of nitrogens with zero attached hydrogens (tertiary/aromatic N) is 2. The second kappa shape index (κ2) is 9.03. The maximum atomic E-state index is 13.1. The third-order valence-corrected chi connectivity index (χ3v) is 5.18. The summed E-state index contributed by atoms with van der Waals surface area (Å²) < 4.78 is 6.53. The van der Waals surface area contributed by atoms with Gasteiger partial charge in [-0.05, 0) is 41.3 Å². The fourth-order valence-corrected chi connectivity index (χ4v) is 3.57. The van der Waals surface area contributed by atoms with E-state index in [1.54, 1.807) is 60.7 Å². The molecular weight excluding hydrogens is 430 g/mol. The van der Waals surface area contributed by atoms with Gasteiger partial charge in [0.05, 0.1) is 0 Å². The molecule has 4 rings (SSSR count). The lowest BCUT2D eigenvalue weighted by Crippen LogP contribution is -2.28. The minimum atomic E-state index is -0.787. The second-order valence-corrected chi connectivity index (χ2v) is 7.44. The molecule has 0 spiro atoms. The van der Waals surface area contributed by atoms with Gasteiger partial charge in [-0.15, -0.1) is 0 Å². The topological polar surface area (TPSA) is 90.3 Å². The Kier molecular flexibility index (Phi) is 6.00. The van der Waals surface area contributed by atoms with E-state index in [1.165, 1.54) is 24.0 Å². The smallest absolute Gasteiger partial charge is 0.356 e. The van der Waals surface area contributed by atoms with Crippen LogP contribution < -0.4 is 10.9 Å². The van der Waals surface area contributed by atoms with Crippen LogP contribution in [0.25, 0.3) is 21.9 Å². The standard InChI is InChI=1S/C24H18ClN3O4/c1-28-22(24(31)32-14-20(29)27-17-10-12-26-13-11-17)21(15-6-8-16(25)9-7-15)18-4-2-3-5-19(18)23(28)30/h2-13H,14H2,1H3,(H,26,27,29). The fourth-order valence-electron chi connectivity index (χ4n) is 3.44. The number of rotatable bonds is 5. The van der Waals surface area contributed by atoms with Gasteiger partial charge in [0, 0.05) is 41.1 Å². The van der Waals surface area contributed by atoms with Crippen molar-refractivity contribution >= 4 is 39.9 Å². The highest BCUT2D eigenvalue weighted by atomic mass is 35.5. The summed E-state index contributed by atoms with van der Waals surface area (Å²) >= 11 is 6.03. The highest BCUT2D eigenvalue weighted by molar-refractivity contribution is 6.30. The molecule has 160 valence electrons. The van der Waals surface area contributed by atoms with E-state index in [4.69, 9.17) is 16.3 Å². The van der Waals surface area contributed by atoms with Crippen LogP contribution in [-0.2, 0) is 16.6 Å². The van der Waals surface area contributed by atoms with Crippen molar-refractivity contribution in [3.8, 4) is 11.1 Å². The van der Waals surface area contributed by atoms with Crippen LogP contribution in [0.15, 0.2) is 77.9 Å². The van der Waals surface area contributed by atoms with Gasteiger partial charge >= 0.3 is 5.97 Å². The summed E-state index contributed by atoms with van der Waals surface area (Å²) in [6.45, 7) is -0.512. The summed E-state index contributed by atoms with van der Waals surface area (Å²) in [5, 5.41) is 4.23. The predicted octanol–water partition coefficient (Wildman–Crippen LogP) is 4.05. The molecular formula is C24H18ClN3O4. The van der Waals surface area contributed by atoms with Gasteiger partial charge in [-0.25, -0.2) is 4.79 Å². The molecule has 7 nitrogen and oxygen atoms in total. The first-order chi connectivity index (χ1) is 15.5. The van der Waals surface area contributed by atoms with Crippen molar-refractivity contribution in [1.29, 1.82) is 0 Å². The molecule has 2 aromatic heterocycles. The highest BCUT2D eigenvalue weighted by Crippen LogP contribution is 2.31. The molecule has 8 heteroatoms. The number of nitrogens with one attached hydrogen (secondary N) is 1. The largest absolute Gasteiger partial charge is 0.451 e. The van der Waals surface area contributed by atoms with Gasteiger partial charge in [0.25, 0.3) is 11.5 Å². The summed E-state index contributed by atoms with van der Waals surface area (Å²) in [5.41, 5.74) is 1.45. The Hall–Kier alpha value is -3.97. The van der Waals surface area contributed by atoms with E-state index < -0.39 is 18.5 Å². The number of esters is 1. The van der Waals surface area contributed by atoms with Crippen LogP contribution in [0.5, 0.6) is 0 Å². The van der Waals surface area contributed by atoms with Crippen molar-refractivity contribution in [2.24, 2.45) is 7.05 Å². The lowest BCUT2D eigenvalue weighted by atomic mass is 9.97. The number of hydrogen-bond donors (Lipinski definition) is 1. The number of benzene rings is 2. The van der Waals surface area contributed by atoms with E-state index in [0.717, 1.165) is 0 Å². The number of fused-ring (bicyclic) bond motifs is 1. The van der Waals surface area contributed by atoms with Crippen LogP contribution in [0.4, 0.5) is 5.69 Å². The van der Waals surface area contributed by atoms with Gasteiger partial charge in [-0.2, -0.15) is 0 Å². The van der Waals surface area contributed by atoms with Crippen molar-refractivity contribution in [1.82, 2.24) is 9.55 Å². The molecule has 2 aromatic carbocycles. The molecule has 4 aromatic rings. The normalized spacial score (nSPS) is 10.7. The molecule has 0 saturated heterocycles. The van der Waals surface area contributed by atoms with E-state index in [1.807, 2.05) is 0 Å². The molecule has 0 bridgehead atoms. The van der Waals surface area contributed by atoms with Crippen molar-refractivity contribution in [3.63, 3.8) is 0 Å². The fraction of sp³-hybridized carbons (Fsp3) is 0.0833.